The van der Waals surface area contributed by atoms with Gasteiger partial charge in [0.2, 0.25) is 0 Å². The highest BCUT2D eigenvalue weighted by Crippen LogP contribution is 2.28. The lowest BCUT2D eigenvalue weighted by molar-refractivity contribution is 0.386. The van der Waals surface area contributed by atoms with E-state index < -0.39 is 9.84 Å². The van der Waals surface area contributed by atoms with Crippen LogP contribution in [0.15, 0.2) is 47.4 Å². The maximum absolute atomic E-state index is 13.9. The van der Waals surface area contributed by atoms with Crippen LogP contribution in [0.2, 0.25) is 0 Å². The number of rotatable bonds is 4. The van der Waals surface area contributed by atoms with Gasteiger partial charge in [-0.15, -0.1) is 0 Å². The molecule has 0 amide bonds. The van der Waals surface area contributed by atoms with Crippen LogP contribution in [0.5, 0.6) is 5.75 Å². The summed E-state index contributed by atoms with van der Waals surface area (Å²) in [5.41, 5.74) is 1.53. The molecule has 0 N–H and O–H groups in total. The van der Waals surface area contributed by atoms with Crippen molar-refractivity contribution in [3.05, 3.63) is 48.3 Å². The molecule has 0 spiro atoms. The smallest absolute Gasteiger partial charge is 0.177 e. The number of sulfone groups is 1. The molecule has 0 unspecified atom stereocenters. The van der Waals surface area contributed by atoms with Gasteiger partial charge in [-0.05, 0) is 24.3 Å². The summed E-state index contributed by atoms with van der Waals surface area (Å²) < 4.78 is 42.8. The van der Waals surface area contributed by atoms with Crippen molar-refractivity contribution in [3.8, 4) is 5.75 Å². The summed E-state index contributed by atoms with van der Waals surface area (Å²) in [5.74, 6) is -0.158. The summed E-state index contributed by atoms with van der Waals surface area (Å²) in [6, 6.07) is 12.0. The van der Waals surface area contributed by atoms with E-state index in [1.165, 1.54) is 19.4 Å². The van der Waals surface area contributed by atoms with Crippen LogP contribution < -0.4 is 14.5 Å². The summed E-state index contributed by atoms with van der Waals surface area (Å²) in [6.07, 6.45) is 1.22. The SMILES string of the molecule is COc1ccc(N2CCN(c3ccccc3S(C)(=O)=O)CC2)cc1F. The number of para-hydroxylation sites is 1. The van der Waals surface area contributed by atoms with E-state index in [1.807, 2.05) is 18.2 Å². The molecule has 0 bridgehead atoms. The molecule has 25 heavy (non-hydrogen) atoms. The fourth-order valence-corrected chi connectivity index (χ4v) is 3.99. The molecular weight excluding hydrogens is 343 g/mol. The highest BCUT2D eigenvalue weighted by Gasteiger charge is 2.22. The molecule has 1 aliphatic heterocycles. The quantitative estimate of drug-likeness (QED) is 0.835. The van der Waals surface area contributed by atoms with E-state index in [0.29, 0.717) is 31.1 Å². The molecule has 0 saturated carbocycles. The van der Waals surface area contributed by atoms with Crippen molar-refractivity contribution in [2.24, 2.45) is 0 Å². The number of anilines is 2. The number of piperazine rings is 1. The minimum atomic E-state index is -3.28. The number of ether oxygens (including phenoxy) is 1. The normalized spacial score (nSPS) is 15.3. The third kappa shape index (κ3) is 3.71. The van der Waals surface area contributed by atoms with Crippen molar-refractivity contribution in [3.63, 3.8) is 0 Å². The second-order valence-corrected chi connectivity index (χ2v) is 8.02. The van der Waals surface area contributed by atoms with Crippen molar-refractivity contribution in [1.82, 2.24) is 0 Å². The number of hydrogen-bond acceptors (Lipinski definition) is 5. The van der Waals surface area contributed by atoms with Crippen LogP contribution in [0.3, 0.4) is 0 Å². The van der Waals surface area contributed by atoms with E-state index in [0.717, 1.165) is 11.4 Å². The third-order valence-electron chi connectivity index (χ3n) is 4.39. The Bertz CT molecular complexity index is 862. The summed E-state index contributed by atoms with van der Waals surface area (Å²) in [6.45, 7) is 2.70. The molecule has 2 aromatic carbocycles. The molecule has 1 fully saturated rings. The Morgan fingerprint density at radius 1 is 1.00 bits per heavy atom. The molecule has 0 aliphatic carbocycles. The van der Waals surface area contributed by atoms with Gasteiger partial charge in [0.1, 0.15) is 0 Å². The van der Waals surface area contributed by atoms with Gasteiger partial charge in [0.25, 0.3) is 0 Å². The zero-order valence-electron chi connectivity index (χ0n) is 14.3. The van der Waals surface area contributed by atoms with E-state index in [-0.39, 0.29) is 11.6 Å². The minimum absolute atomic E-state index is 0.226. The Balaban J connectivity index is 1.76. The van der Waals surface area contributed by atoms with E-state index >= 15 is 0 Å². The van der Waals surface area contributed by atoms with Gasteiger partial charge in [-0.25, -0.2) is 12.8 Å². The number of hydrogen-bond donors (Lipinski definition) is 0. The monoisotopic (exact) mass is 364 g/mol. The Labute approximate surface area is 147 Å². The summed E-state index contributed by atoms with van der Waals surface area (Å²) in [7, 11) is -1.84. The number of nitrogens with zero attached hydrogens (tertiary/aromatic N) is 2. The van der Waals surface area contributed by atoms with E-state index in [1.54, 1.807) is 18.2 Å². The summed E-state index contributed by atoms with van der Waals surface area (Å²) in [5, 5.41) is 0. The van der Waals surface area contributed by atoms with Crippen LogP contribution in [0.1, 0.15) is 0 Å². The lowest BCUT2D eigenvalue weighted by Crippen LogP contribution is -2.47. The Kier molecular flexibility index (Phi) is 4.85. The van der Waals surface area contributed by atoms with Gasteiger partial charge in [-0.2, -0.15) is 0 Å². The van der Waals surface area contributed by atoms with E-state index in [4.69, 9.17) is 4.74 Å². The molecule has 0 aromatic heterocycles. The first-order valence-electron chi connectivity index (χ1n) is 8.02. The van der Waals surface area contributed by atoms with Crippen LogP contribution in [0.25, 0.3) is 0 Å². The van der Waals surface area contributed by atoms with E-state index in [2.05, 4.69) is 9.80 Å². The molecular formula is C18H21FN2O3S. The van der Waals surface area contributed by atoms with Gasteiger partial charge in [0.15, 0.2) is 21.4 Å². The first-order valence-corrected chi connectivity index (χ1v) is 9.92. The molecule has 5 nitrogen and oxygen atoms in total. The van der Waals surface area contributed by atoms with Crippen LogP contribution in [0, 0.1) is 5.82 Å². The molecule has 0 atom stereocenters. The Morgan fingerprint density at radius 2 is 1.64 bits per heavy atom. The van der Waals surface area contributed by atoms with Crippen molar-refractivity contribution in [1.29, 1.82) is 0 Å². The van der Waals surface area contributed by atoms with Crippen molar-refractivity contribution >= 4 is 21.2 Å². The first kappa shape index (κ1) is 17.5. The van der Waals surface area contributed by atoms with Crippen LogP contribution in [-0.4, -0.2) is 48.0 Å². The summed E-state index contributed by atoms with van der Waals surface area (Å²) >= 11 is 0. The predicted molar refractivity (Wildman–Crippen MR) is 96.9 cm³/mol. The molecule has 134 valence electrons. The maximum Gasteiger partial charge on any atom is 0.177 e. The van der Waals surface area contributed by atoms with Crippen molar-refractivity contribution < 1.29 is 17.5 Å². The number of methoxy groups -OCH3 is 1. The van der Waals surface area contributed by atoms with Crippen LogP contribution >= 0.6 is 0 Å². The average molecular weight is 364 g/mol. The number of halogens is 1. The van der Waals surface area contributed by atoms with Crippen molar-refractivity contribution in [2.45, 2.75) is 4.90 Å². The first-order chi connectivity index (χ1) is 11.9. The molecule has 1 aliphatic rings. The molecule has 1 saturated heterocycles. The van der Waals surface area contributed by atoms with Gasteiger partial charge >= 0.3 is 0 Å². The van der Waals surface area contributed by atoms with Gasteiger partial charge in [-0.3, -0.25) is 0 Å². The second kappa shape index (κ2) is 6.92. The molecule has 7 heteroatoms. The highest BCUT2D eigenvalue weighted by atomic mass is 32.2. The van der Waals surface area contributed by atoms with Gasteiger partial charge in [-0.1, -0.05) is 12.1 Å². The van der Waals surface area contributed by atoms with Gasteiger partial charge < -0.3 is 14.5 Å². The molecule has 3 rings (SSSR count). The second-order valence-electron chi connectivity index (χ2n) is 6.03. The zero-order chi connectivity index (χ0) is 18.0. The van der Waals surface area contributed by atoms with Gasteiger partial charge in [0, 0.05) is 44.2 Å². The standard InChI is InChI=1S/C18H21FN2O3S/c1-24-17-8-7-14(13-15(17)19)20-9-11-21(12-10-20)16-5-3-4-6-18(16)25(2,22)23/h3-8,13H,9-12H2,1-2H3. The topological polar surface area (TPSA) is 49.9 Å². The summed E-state index contributed by atoms with van der Waals surface area (Å²) in [4.78, 5) is 4.49. The fraction of sp³-hybridized carbons (Fsp3) is 0.333. The molecule has 1 heterocycles. The lowest BCUT2D eigenvalue weighted by atomic mass is 10.2. The fourth-order valence-electron chi connectivity index (χ4n) is 3.09. The van der Waals surface area contributed by atoms with Crippen molar-refractivity contribution in [2.75, 3.05) is 49.3 Å². The largest absolute Gasteiger partial charge is 0.494 e. The van der Waals surface area contributed by atoms with E-state index in [9.17, 15) is 12.8 Å². The average Bonchev–Trinajstić information content (AvgIpc) is 2.61. The number of benzene rings is 2. The Morgan fingerprint density at radius 3 is 2.24 bits per heavy atom. The zero-order valence-corrected chi connectivity index (χ0v) is 15.1. The Hall–Kier alpha value is -2.28. The predicted octanol–water partition coefficient (Wildman–Crippen LogP) is 2.56. The minimum Gasteiger partial charge on any atom is -0.494 e. The molecule has 0 radical (unpaired) electrons. The highest BCUT2D eigenvalue weighted by molar-refractivity contribution is 7.90. The van der Waals surface area contributed by atoms with Crippen LogP contribution in [-0.2, 0) is 9.84 Å². The molecule has 2 aromatic rings. The lowest BCUT2D eigenvalue weighted by Gasteiger charge is -2.38. The van der Waals surface area contributed by atoms with Gasteiger partial charge in [0.05, 0.1) is 17.7 Å². The van der Waals surface area contributed by atoms with Crippen LogP contribution in [0.4, 0.5) is 15.8 Å². The maximum atomic E-state index is 13.9. The third-order valence-corrected chi connectivity index (χ3v) is 5.53.